The fourth-order valence-corrected chi connectivity index (χ4v) is 0.489. The summed E-state index contributed by atoms with van der Waals surface area (Å²) in [5, 5.41) is 8.32. The fourth-order valence-electron chi connectivity index (χ4n) is 0.489. The molecule has 13 heavy (non-hydrogen) atoms. The number of primary amides is 1. The van der Waals surface area contributed by atoms with Crippen LogP contribution in [0.4, 0.5) is 0 Å². The Balaban J connectivity index is 0.000000310. The third-order valence-electron chi connectivity index (χ3n) is 0.884. The number of hydrogen-bond donors (Lipinski definition) is 2. The van der Waals surface area contributed by atoms with Crippen LogP contribution in [0, 0.1) is 0 Å². The van der Waals surface area contributed by atoms with Gasteiger partial charge in [-0.2, -0.15) is 0 Å². The third-order valence-corrected chi connectivity index (χ3v) is 0.884. The van der Waals surface area contributed by atoms with Gasteiger partial charge in [0.25, 0.3) is 0 Å². The molecular formula is C8H10N2O3. The molecule has 70 valence electrons. The Morgan fingerprint density at radius 2 is 2.00 bits per heavy atom. The van der Waals surface area contributed by atoms with Crippen LogP contribution in [-0.2, 0) is 4.79 Å². The maximum atomic E-state index is 10.1. The molecule has 0 fully saturated rings. The summed E-state index contributed by atoms with van der Waals surface area (Å²) in [4.78, 5) is 22.9. The van der Waals surface area contributed by atoms with Gasteiger partial charge >= 0.3 is 5.97 Å². The first-order chi connectivity index (χ1) is 6.04. The number of nitrogens with zero attached hydrogens (tertiary/aromatic N) is 1. The Labute approximate surface area is 75.2 Å². The lowest BCUT2D eigenvalue weighted by Gasteiger charge is -1.87. The van der Waals surface area contributed by atoms with Crippen molar-refractivity contribution in [3.8, 4) is 0 Å². The van der Waals surface area contributed by atoms with Gasteiger partial charge in [-0.25, -0.2) is 9.78 Å². The first-order valence-corrected chi connectivity index (χ1v) is 3.44. The highest BCUT2D eigenvalue weighted by atomic mass is 16.4. The summed E-state index contributed by atoms with van der Waals surface area (Å²) >= 11 is 0. The molecule has 0 saturated heterocycles. The Bertz CT molecular complexity index is 281. The molecule has 0 spiro atoms. The number of carbonyl (C=O) groups is 2. The molecule has 1 rings (SSSR count). The van der Waals surface area contributed by atoms with E-state index in [9.17, 15) is 9.59 Å². The lowest BCUT2D eigenvalue weighted by molar-refractivity contribution is -0.115. The largest absolute Gasteiger partial charge is 0.477 e. The van der Waals surface area contributed by atoms with E-state index in [0.29, 0.717) is 0 Å². The van der Waals surface area contributed by atoms with E-state index < -0.39 is 5.97 Å². The summed E-state index contributed by atoms with van der Waals surface area (Å²) in [6.07, 6.45) is 1.45. The lowest BCUT2D eigenvalue weighted by Crippen LogP contribution is -2.01. The highest BCUT2D eigenvalue weighted by molar-refractivity contribution is 5.85. The molecule has 0 unspecified atom stereocenters. The SMILES string of the molecule is CC(N)=O.O=C(O)c1ccccn1. The number of carbonyl (C=O) groups excluding carboxylic acids is 1. The van der Waals surface area contributed by atoms with Gasteiger partial charge in [0.15, 0.2) is 0 Å². The summed E-state index contributed by atoms with van der Waals surface area (Å²) in [6, 6.07) is 4.76. The minimum Gasteiger partial charge on any atom is -0.477 e. The number of carboxylic acids is 1. The van der Waals surface area contributed by atoms with E-state index in [4.69, 9.17) is 5.11 Å². The molecule has 0 saturated carbocycles. The number of rotatable bonds is 1. The lowest BCUT2D eigenvalue weighted by atomic mass is 10.4. The summed E-state index contributed by atoms with van der Waals surface area (Å²) in [6.45, 7) is 1.31. The van der Waals surface area contributed by atoms with Crippen LogP contribution in [0.5, 0.6) is 0 Å². The number of aromatic nitrogens is 1. The molecule has 5 heteroatoms. The molecule has 0 bridgehead atoms. The molecule has 1 aromatic heterocycles. The highest BCUT2D eigenvalue weighted by Gasteiger charge is 1.98. The van der Waals surface area contributed by atoms with Gasteiger partial charge in [0.2, 0.25) is 5.91 Å². The number of hydrogen-bond acceptors (Lipinski definition) is 3. The topological polar surface area (TPSA) is 93.3 Å². The zero-order chi connectivity index (χ0) is 10.3. The Hall–Kier alpha value is -1.91. The number of aromatic carboxylic acids is 1. The van der Waals surface area contributed by atoms with Gasteiger partial charge in [0.1, 0.15) is 5.69 Å². The van der Waals surface area contributed by atoms with Gasteiger partial charge in [0, 0.05) is 13.1 Å². The molecule has 0 aliphatic rings. The molecule has 1 amide bonds. The van der Waals surface area contributed by atoms with Gasteiger partial charge in [-0.15, -0.1) is 0 Å². The Morgan fingerprint density at radius 3 is 2.23 bits per heavy atom. The van der Waals surface area contributed by atoms with Crippen molar-refractivity contribution in [2.45, 2.75) is 6.92 Å². The van der Waals surface area contributed by atoms with Crippen molar-refractivity contribution in [1.29, 1.82) is 0 Å². The number of carboxylic acid groups (broad SMARTS) is 1. The summed E-state index contributed by atoms with van der Waals surface area (Å²) < 4.78 is 0. The van der Waals surface area contributed by atoms with Crippen LogP contribution in [-0.4, -0.2) is 22.0 Å². The van der Waals surface area contributed by atoms with Crippen LogP contribution in [0.3, 0.4) is 0 Å². The maximum absolute atomic E-state index is 10.1. The molecule has 0 aliphatic carbocycles. The zero-order valence-electron chi connectivity index (χ0n) is 7.10. The van der Waals surface area contributed by atoms with Crippen molar-refractivity contribution < 1.29 is 14.7 Å². The predicted octanol–water partition coefficient (Wildman–Crippen LogP) is 0.271. The van der Waals surface area contributed by atoms with E-state index in [1.54, 1.807) is 12.1 Å². The molecule has 0 aromatic carbocycles. The number of amides is 1. The van der Waals surface area contributed by atoms with Crippen molar-refractivity contribution in [2.75, 3.05) is 0 Å². The van der Waals surface area contributed by atoms with Crippen molar-refractivity contribution >= 4 is 11.9 Å². The van der Waals surface area contributed by atoms with Gasteiger partial charge < -0.3 is 10.8 Å². The molecule has 0 radical (unpaired) electrons. The van der Waals surface area contributed by atoms with Crippen LogP contribution in [0.2, 0.25) is 0 Å². The number of nitrogens with two attached hydrogens (primary N) is 1. The van der Waals surface area contributed by atoms with Gasteiger partial charge in [-0.1, -0.05) is 6.07 Å². The van der Waals surface area contributed by atoms with Crippen LogP contribution >= 0.6 is 0 Å². The summed E-state index contributed by atoms with van der Waals surface area (Å²) in [7, 11) is 0. The van der Waals surface area contributed by atoms with Gasteiger partial charge in [-0.05, 0) is 12.1 Å². The Morgan fingerprint density at radius 1 is 1.46 bits per heavy atom. The summed E-state index contributed by atoms with van der Waals surface area (Å²) in [5.74, 6) is -1.32. The average Bonchev–Trinajstić information content (AvgIpc) is 2.05. The fraction of sp³-hybridized carbons (Fsp3) is 0.125. The molecule has 0 aliphatic heterocycles. The second-order valence-corrected chi connectivity index (χ2v) is 2.13. The van der Waals surface area contributed by atoms with Gasteiger partial charge in [-0.3, -0.25) is 4.79 Å². The van der Waals surface area contributed by atoms with Crippen molar-refractivity contribution in [3.63, 3.8) is 0 Å². The second kappa shape index (κ2) is 5.70. The van der Waals surface area contributed by atoms with Crippen molar-refractivity contribution in [2.24, 2.45) is 5.73 Å². The molecule has 5 nitrogen and oxygen atoms in total. The zero-order valence-corrected chi connectivity index (χ0v) is 7.10. The second-order valence-electron chi connectivity index (χ2n) is 2.13. The first kappa shape index (κ1) is 11.1. The van der Waals surface area contributed by atoms with E-state index in [2.05, 4.69) is 10.7 Å². The quantitative estimate of drug-likeness (QED) is 0.651. The molecule has 3 N–H and O–H groups in total. The van der Waals surface area contributed by atoms with E-state index in [0.717, 1.165) is 0 Å². The molecule has 1 aromatic rings. The average molecular weight is 182 g/mol. The minimum atomic E-state index is -0.990. The van der Waals surface area contributed by atoms with Crippen LogP contribution in [0.15, 0.2) is 24.4 Å². The minimum absolute atomic E-state index is 0.0810. The molecular weight excluding hydrogens is 172 g/mol. The van der Waals surface area contributed by atoms with Crippen molar-refractivity contribution in [3.05, 3.63) is 30.1 Å². The van der Waals surface area contributed by atoms with E-state index in [1.165, 1.54) is 19.2 Å². The van der Waals surface area contributed by atoms with Crippen molar-refractivity contribution in [1.82, 2.24) is 4.98 Å². The van der Waals surface area contributed by atoms with Crippen LogP contribution in [0.25, 0.3) is 0 Å². The predicted molar refractivity (Wildman–Crippen MR) is 46.1 cm³/mol. The number of pyridine rings is 1. The maximum Gasteiger partial charge on any atom is 0.354 e. The smallest absolute Gasteiger partial charge is 0.354 e. The van der Waals surface area contributed by atoms with Gasteiger partial charge in [0.05, 0.1) is 0 Å². The van der Waals surface area contributed by atoms with Crippen LogP contribution in [0.1, 0.15) is 17.4 Å². The Kier molecular flexibility index (Phi) is 4.87. The van der Waals surface area contributed by atoms with Crippen LogP contribution < -0.4 is 5.73 Å². The normalized spacial score (nSPS) is 8.08. The molecule has 1 heterocycles. The standard InChI is InChI=1S/C6H5NO2.C2H5NO/c8-6(9)5-3-1-2-4-7-5;1-2(3)4/h1-4H,(H,8,9);1H3,(H2,3,4). The van der Waals surface area contributed by atoms with E-state index >= 15 is 0 Å². The monoisotopic (exact) mass is 182 g/mol. The van der Waals surface area contributed by atoms with E-state index in [1.807, 2.05) is 0 Å². The molecule has 0 atom stereocenters. The summed E-state index contributed by atoms with van der Waals surface area (Å²) in [5.41, 5.74) is 4.55. The first-order valence-electron chi connectivity index (χ1n) is 3.44. The highest BCUT2D eigenvalue weighted by Crippen LogP contribution is 1.90. The van der Waals surface area contributed by atoms with E-state index in [-0.39, 0.29) is 11.6 Å². The third kappa shape index (κ3) is 6.49.